The number of nitrogens with zero attached hydrogens (tertiary/aromatic N) is 1. The summed E-state index contributed by atoms with van der Waals surface area (Å²) in [6, 6.07) is 8.07. The molecule has 0 bridgehead atoms. The number of rotatable bonds is 8. The summed E-state index contributed by atoms with van der Waals surface area (Å²) in [4.78, 5) is 2.06. The van der Waals surface area contributed by atoms with Crippen molar-refractivity contribution in [1.29, 1.82) is 0 Å². The van der Waals surface area contributed by atoms with Crippen molar-refractivity contribution in [3.05, 3.63) is 24.3 Å². The van der Waals surface area contributed by atoms with Gasteiger partial charge in [0.05, 0.1) is 6.61 Å². The molecule has 0 fully saturated rings. The van der Waals surface area contributed by atoms with Crippen molar-refractivity contribution in [2.45, 2.75) is 13.0 Å². The maximum Gasteiger partial charge on any atom is 0.134 e. The maximum atomic E-state index is 5.93. The predicted molar refractivity (Wildman–Crippen MR) is 75.6 cm³/mol. The highest BCUT2D eigenvalue weighted by Gasteiger charge is 2.10. The highest BCUT2D eigenvalue weighted by molar-refractivity contribution is 5.49. The van der Waals surface area contributed by atoms with Crippen LogP contribution >= 0.6 is 0 Å². The number of methoxy groups -OCH3 is 1. The summed E-state index contributed by atoms with van der Waals surface area (Å²) in [6.45, 7) is 4.38. The van der Waals surface area contributed by atoms with Crippen molar-refractivity contribution >= 4 is 5.69 Å². The molecule has 4 nitrogen and oxygen atoms in total. The normalized spacial score (nSPS) is 12.2. The summed E-state index contributed by atoms with van der Waals surface area (Å²) in [7, 11) is 5.73. The SMILES string of the molecule is CCNCC(COC)Oc1cccc(N(C)C)c1. The minimum Gasteiger partial charge on any atom is -0.487 e. The third-order valence-electron chi connectivity index (χ3n) is 2.61. The summed E-state index contributed by atoms with van der Waals surface area (Å²) in [5.74, 6) is 0.876. The number of anilines is 1. The van der Waals surface area contributed by atoms with Gasteiger partial charge in [-0.1, -0.05) is 13.0 Å². The Hall–Kier alpha value is -1.26. The average molecular weight is 252 g/mol. The molecule has 0 spiro atoms. The van der Waals surface area contributed by atoms with Crippen LogP contribution < -0.4 is 15.0 Å². The summed E-state index contributed by atoms with van der Waals surface area (Å²) >= 11 is 0. The first-order valence-electron chi connectivity index (χ1n) is 6.31. The van der Waals surface area contributed by atoms with E-state index in [2.05, 4.69) is 23.2 Å². The second kappa shape index (κ2) is 7.95. The van der Waals surface area contributed by atoms with E-state index in [0.717, 1.165) is 24.5 Å². The van der Waals surface area contributed by atoms with Crippen molar-refractivity contribution in [2.24, 2.45) is 0 Å². The number of ether oxygens (including phenoxy) is 2. The molecule has 1 unspecified atom stereocenters. The van der Waals surface area contributed by atoms with E-state index in [1.54, 1.807) is 7.11 Å². The lowest BCUT2D eigenvalue weighted by Crippen LogP contribution is -2.34. The molecule has 0 heterocycles. The summed E-state index contributed by atoms with van der Waals surface area (Å²) in [6.07, 6.45) is 0.0346. The predicted octanol–water partition coefficient (Wildman–Crippen LogP) is 1.76. The van der Waals surface area contributed by atoms with E-state index in [4.69, 9.17) is 9.47 Å². The molecule has 0 amide bonds. The zero-order valence-corrected chi connectivity index (χ0v) is 11.8. The van der Waals surface area contributed by atoms with Gasteiger partial charge in [0.2, 0.25) is 0 Å². The smallest absolute Gasteiger partial charge is 0.134 e. The lowest BCUT2D eigenvalue weighted by Gasteiger charge is -2.20. The Morgan fingerprint density at radius 3 is 2.72 bits per heavy atom. The summed E-state index contributed by atoms with van der Waals surface area (Å²) in [5.41, 5.74) is 1.13. The monoisotopic (exact) mass is 252 g/mol. The van der Waals surface area contributed by atoms with E-state index < -0.39 is 0 Å². The maximum absolute atomic E-state index is 5.93. The van der Waals surface area contributed by atoms with Crippen LogP contribution in [0.3, 0.4) is 0 Å². The molecule has 102 valence electrons. The molecule has 0 aliphatic heterocycles. The van der Waals surface area contributed by atoms with Crippen LogP contribution in [-0.2, 0) is 4.74 Å². The van der Waals surface area contributed by atoms with Crippen molar-refractivity contribution in [2.75, 3.05) is 45.8 Å². The summed E-state index contributed by atoms with van der Waals surface area (Å²) < 4.78 is 11.1. The Balaban J connectivity index is 2.64. The Morgan fingerprint density at radius 2 is 2.11 bits per heavy atom. The highest BCUT2D eigenvalue weighted by atomic mass is 16.5. The molecule has 0 aliphatic rings. The quantitative estimate of drug-likeness (QED) is 0.764. The van der Waals surface area contributed by atoms with Crippen molar-refractivity contribution in [3.8, 4) is 5.75 Å². The van der Waals surface area contributed by atoms with Gasteiger partial charge in [-0.3, -0.25) is 0 Å². The number of benzene rings is 1. The largest absolute Gasteiger partial charge is 0.487 e. The second-order valence-corrected chi connectivity index (χ2v) is 4.39. The molecule has 1 aromatic rings. The number of likely N-dealkylation sites (N-methyl/N-ethyl adjacent to an activating group) is 1. The Kier molecular flexibility index (Phi) is 6.54. The molecule has 1 rings (SSSR count). The zero-order chi connectivity index (χ0) is 13.4. The van der Waals surface area contributed by atoms with E-state index in [1.165, 1.54) is 0 Å². The minimum atomic E-state index is 0.0346. The van der Waals surface area contributed by atoms with E-state index in [-0.39, 0.29) is 6.10 Å². The molecule has 1 N–H and O–H groups in total. The van der Waals surface area contributed by atoms with Crippen LogP contribution in [0.15, 0.2) is 24.3 Å². The third kappa shape index (κ3) is 4.94. The molecule has 0 radical (unpaired) electrons. The third-order valence-corrected chi connectivity index (χ3v) is 2.61. The van der Waals surface area contributed by atoms with Gasteiger partial charge in [-0.25, -0.2) is 0 Å². The topological polar surface area (TPSA) is 33.7 Å². The number of hydrogen-bond acceptors (Lipinski definition) is 4. The lowest BCUT2D eigenvalue weighted by molar-refractivity contribution is 0.0810. The van der Waals surface area contributed by atoms with Crippen LogP contribution in [0, 0.1) is 0 Å². The van der Waals surface area contributed by atoms with Gasteiger partial charge in [0.15, 0.2) is 0 Å². The van der Waals surface area contributed by atoms with Gasteiger partial charge in [0, 0.05) is 39.5 Å². The fourth-order valence-corrected chi connectivity index (χ4v) is 1.65. The van der Waals surface area contributed by atoms with E-state index in [0.29, 0.717) is 6.61 Å². The molecule has 1 aromatic carbocycles. The van der Waals surface area contributed by atoms with Crippen LogP contribution in [0.5, 0.6) is 5.75 Å². The van der Waals surface area contributed by atoms with Crippen molar-refractivity contribution in [1.82, 2.24) is 5.32 Å². The Morgan fingerprint density at radius 1 is 1.33 bits per heavy atom. The molecule has 18 heavy (non-hydrogen) atoms. The molecular formula is C14H24N2O2. The molecule has 4 heteroatoms. The molecule has 0 saturated heterocycles. The fraction of sp³-hybridized carbons (Fsp3) is 0.571. The van der Waals surface area contributed by atoms with E-state index in [1.807, 2.05) is 32.3 Å². The number of hydrogen-bond donors (Lipinski definition) is 1. The van der Waals surface area contributed by atoms with Crippen LogP contribution in [-0.4, -0.2) is 47.0 Å². The highest BCUT2D eigenvalue weighted by Crippen LogP contribution is 2.20. The fourth-order valence-electron chi connectivity index (χ4n) is 1.65. The average Bonchev–Trinajstić information content (AvgIpc) is 2.36. The molecular weight excluding hydrogens is 228 g/mol. The molecule has 0 aliphatic carbocycles. The van der Waals surface area contributed by atoms with Crippen molar-refractivity contribution < 1.29 is 9.47 Å². The minimum absolute atomic E-state index is 0.0346. The van der Waals surface area contributed by atoms with Crippen LogP contribution in [0.25, 0.3) is 0 Å². The molecule has 0 aromatic heterocycles. The first kappa shape index (κ1) is 14.8. The number of nitrogens with one attached hydrogen (secondary N) is 1. The molecule has 1 atom stereocenters. The van der Waals surface area contributed by atoms with Crippen LogP contribution in [0.4, 0.5) is 5.69 Å². The Labute approximate surface area is 110 Å². The van der Waals surface area contributed by atoms with Crippen molar-refractivity contribution in [3.63, 3.8) is 0 Å². The van der Waals surface area contributed by atoms with Gasteiger partial charge >= 0.3 is 0 Å². The van der Waals surface area contributed by atoms with Gasteiger partial charge in [0.1, 0.15) is 11.9 Å². The summed E-state index contributed by atoms with van der Waals surface area (Å²) in [5, 5.41) is 3.28. The van der Waals surface area contributed by atoms with Gasteiger partial charge in [0.25, 0.3) is 0 Å². The molecule has 0 saturated carbocycles. The first-order valence-corrected chi connectivity index (χ1v) is 6.31. The van der Waals surface area contributed by atoms with Gasteiger partial charge in [-0.2, -0.15) is 0 Å². The Bertz CT molecular complexity index is 342. The standard InChI is InChI=1S/C14H24N2O2/c1-5-15-10-14(11-17-4)18-13-8-6-7-12(9-13)16(2)3/h6-9,14-15H,5,10-11H2,1-4H3. The van der Waals surface area contributed by atoms with Gasteiger partial charge < -0.3 is 19.7 Å². The zero-order valence-electron chi connectivity index (χ0n) is 11.8. The van der Waals surface area contributed by atoms with Gasteiger partial charge in [-0.15, -0.1) is 0 Å². The second-order valence-electron chi connectivity index (χ2n) is 4.39. The first-order chi connectivity index (χ1) is 8.67. The lowest BCUT2D eigenvalue weighted by atomic mass is 10.3. The van der Waals surface area contributed by atoms with E-state index in [9.17, 15) is 0 Å². The van der Waals surface area contributed by atoms with Gasteiger partial charge in [-0.05, 0) is 18.7 Å². The van der Waals surface area contributed by atoms with Crippen LogP contribution in [0.2, 0.25) is 0 Å². The van der Waals surface area contributed by atoms with E-state index >= 15 is 0 Å². The van der Waals surface area contributed by atoms with Crippen LogP contribution in [0.1, 0.15) is 6.92 Å².